The van der Waals surface area contributed by atoms with Gasteiger partial charge in [0.1, 0.15) is 23.3 Å². The molecule has 0 spiro atoms. The molecule has 168 valence electrons. The highest BCUT2D eigenvalue weighted by atomic mass is 19.1. The Kier molecular flexibility index (Phi) is 7.25. The fraction of sp³-hybridized carbons (Fsp3) is 0.250. The number of piperidine rings is 1. The van der Waals surface area contributed by atoms with Crippen LogP contribution in [0.4, 0.5) is 17.6 Å². The number of hydrogen-bond donors (Lipinski definition) is 0. The number of halogens is 4. The van der Waals surface area contributed by atoms with Crippen LogP contribution in [0.3, 0.4) is 0 Å². The third kappa shape index (κ3) is 6.13. The number of Topliss-reactive ketones (excluding diaryl/α,β-unsaturated/α-hetero) is 1. The van der Waals surface area contributed by atoms with E-state index in [0.717, 1.165) is 24.3 Å². The van der Waals surface area contributed by atoms with Crippen LogP contribution in [0.1, 0.15) is 17.5 Å². The molecule has 1 fully saturated rings. The first-order chi connectivity index (χ1) is 15.1. The summed E-state index contributed by atoms with van der Waals surface area (Å²) in [6.45, 7) is 0.405. The first-order valence-corrected chi connectivity index (χ1v) is 9.91. The quantitative estimate of drug-likeness (QED) is 0.514. The molecule has 4 nitrogen and oxygen atoms in total. The topological polar surface area (TPSA) is 40.6 Å². The van der Waals surface area contributed by atoms with Gasteiger partial charge in [-0.05, 0) is 61.6 Å². The second-order valence-electron chi connectivity index (χ2n) is 7.88. The van der Waals surface area contributed by atoms with Crippen molar-refractivity contribution in [3.8, 4) is 0 Å². The summed E-state index contributed by atoms with van der Waals surface area (Å²) in [7, 11) is 3.64. The van der Waals surface area contributed by atoms with Gasteiger partial charge in [0.05, 0.1) is 0 Å². The van der Waals surface area contributed by atoms with E-state index in [-0.39, 0.29) is 47.7 Å². The Morgan fingerprint density at radius 1 is 0.844 bits per heavy atom. The molecule has 1 aliphatic heterocycles. The average molecular weight is 446 g/mol. The number of amides is 1. The van der Waals surface area contributed by atoms with Crippen LogP contribution in [-0.2, 0) is 9.59 Å². The van der Waals surface area contributed by atoms with Crippen LogP contribution in [0.2, 0.25) is 0 Å². The molecule has 0 unspecified atom stereocenters. The van der Waals surface area contributed by atoms with Crippen molar-refractivity contribution < 1.29 is 27.2 Å². The highest BCUT2D eigenvalue weighted by Crippen LogP contribution is 2.24. The van der Waals surface area contributed by atoms with Gasteiger partial charge in [-0.25, -0.2) is 17.6 Å². The molecule has 0 bridgehead atoms. The lowest BCUT2D eigenvalue weighted by Gasteiger charge is -2.30. The SMILES string of the molecule is CN(C)CCC(=O)N1C/C(=C\c2cc(F)cc(F)c2)C(=O)/C(=C/c2cc(F)cc(F)c2)C1. The largest absolute Gasteiger partial charge is 0.334 e. The number of rotatable bonds is 5. The third-order valence-corrected chi connectivity index (χ3v) is 4.88. The Bertz CT molecular complexity index is 995. The van der Waals surface area contributed by atoms with Crippen LogP contribution in [0.5, 0.6) is 0 Å². The van der Waals surface area contributed by atoms with Gasteiger partial charge in [-0.1, -0.05) is 0 Å². The van der Waals surface area contributed by atoms with Crippen molar-refractivity contribution in [3.63, 3.8) is 0 Å². The average Bonchev–Trinajstić information content (AvgIpc) is 2.67. The lowest BCUT2D eigenvalue weighted by molar-refractivity contribution is -0.131. The lowest BCUT2D eigenvalue weighted by Crippen LogP contribution is -2.42. The summed E-state index contributed by atoms with van der Waals surface area (Å²) in [6.07, 6.45) is 2.84. The van der Waals surface area contributed by atoms with Gasteiger partial charge in [-0.3, -0.25) is 9.59 Å². The minimum absolute atomic E-state index is 0.0436. The fourth-order valence-electron chi connectivity index (χ4n) is 3.41. The van der Waals surface area contributed by atoms with Gasteiger partial charge in [0.2, 0.25) is 5.91 Å². The number of likely N-dealkylation sites (tertiary alicyclic amines) is 1. The number of nitrogens with zero attached hydrogens (tertiary/aromatic N) is 2. The van der Waals surface area contributed by atoms with E-state index in [1.807, 2.05) is 19.0 Å². The van der Waals surface area contributed by atoms with Crippen molar-refractivity contribution in [1.82, 2.24) is 9.80 Å². The van der Waals surface area contributed by atoms with E-state index in [9.17, 15) is 27.2 Å². The van der Waals surface area contributed by atoms with Gasteiger partial charge in [0.15, 0.2) is 5.78 Å². The van der Waals surface area contributed by atoms with Crippen LogP contribution in [0.15, 0.2) is 47.5 Å². The number of ketones is 1. The van der Waals surface area contributed by atoms with Crippen LogP contribution in [0, 0.1) is 23.3 Å². The molecule has 1 saturated heterocycles. The Balaban J connectivity index is 2.00. The van der Waals surface area contributed by atoms with Crippen molar-refractivity contribution >= 4 is 23.8 Å². The van der Waals surface area contributed by atoms with E-state index < -0.39 is 29.1 Å². The molecule has 32 heavy (non-hydrogen) atoms. The lowest BCUT2D eigenvalue weighted by atomic mass is 9.94. The molecule has 0 N–H and O–H groups in total. The molecular weight excluding hydrogens is 424 g/mol. The molecule has 2 aromatic carbocycles. The number of benzene rings is 2. The maximum absolute atomic E-state index is 13.6. The standard InChI is InChI=1S/C24H22F4N2O2/c1-29(2)4-3-23(31)30-13-17(5-15-7-19(25)11-20(26)8-15)24(32)18(14-30)6-16-9-21(27)12-22(28)10-16/h5-12H,3-4,13-14H2,1-2H3/b17-5+,18-6+. The molecular formula is C24H22F4N2O2. The van der Waals surface area contributed by atoms with Gasteiger partial charge in [-0.15, -0.1) is 0 Å². The Hall–Kier alpha value is -3.26. The summed E-state index contributed by atoms with van der Waals surface area (Å²) in [5, 5.41) is 0. The molecule has 1 amide bonds. The zero-order valence-electron chi connectivity index (χ0n) is 17.7. The van der Waals surface area contributed by atoms with Gasteiger partial charge in [-0.2, -0.15) is 0 Å². The Morgan fingerprint density at radius 3 is 1.62 bits per heavy atom. The van der Waals surface area contributed by atoms with E-state index in [1.165, 1.54) is 17.1 Å². The van der Waals surface area contributed by atoms with Crippen molar-refractivity contribution in [2.45, 2.75) is 6.42 Å². The summed E-state index contributed by atoms with van der Waals surface area (Å²) in [4.78, 5) is 29.0. The highest BCUT2D eigenvalue weighted by molar-refractivity contribution is 6.15. The number of carbonyl (C=O) groups excluding carboxylic acids is 2. The first-order valence-electron chi connectivity index (χ1n) is 9.91. The molecule has 8 heteroatoms. The van der Waals surface area contributed by atoms with Gasteiger partial charge in [0, 0.05) is 49.3 Å². The van der Waals surface area contributed by atoms with Crippen molar-refractivity contribution in [3.05, 3.63) is 81.9 Å². The van der Waals surface area contributed by atoms with Crippen LogP contribution >= 0.6 is 0 Å². The molecule has 2 aromatic rings. The number of hydrogen-bond acceptors (Lipinski definition) is 3. The monoisotopic (exact) mass is 446 g/mol. The smallest absolute Gasteiger partial charge is 0.224 e. The van der Waals surface area contributed by atoms with E-state index in [1.54, 1.807) is 0 Å². The Labute approximate surface area is 183 Å². The van der Waals surface area contributed by atoms with Crippen molar-refractivity contribution in [1.29, 1.82) is 0 Å². The maximum atomic E-state index is 13.6. The summed E-state index contributed by atoms with van der Waals surface area (Å²) >= 11 is 0. The zero-order valence-corrected chi connectivity index (χ0v) is 17.7. The zero-order chi connectivity index (χ0) is 23.4. The molecule has 1 heterocycles. The number of carbonyl (C=O) groups is 2. The summed E-state index contributed by atoms with van der Waals surface area (Å²) in [5.41, 5.74) is 0.541. The summed E-state index contributed by atoms with van der Waals surface area (Å²) < 4.78 is 54.4. The molecule has 3 rings (SSSR count). The predicted molar refractivity (Wildman–Crippen MR) is 113 cm³/mol. The third-order valence-electron chi connectivity index (χ3n) is 4.88. The van der Waals surface area contributed by atoms with Crippen molar-refractivity contribution in [2.24, 2.45) is 0 Å². The Morgan fingerprint density at radius 2 is 1.25 bits per heavy atom. The second-order valence-corrected chi connectivity index (χ2v) is 7.88. The van der Waals surface area contributed by atoms with E-state index in [0.29, 0.717) is 18.7 Å². The highest BCUT2D eigenvalue weighted by Gasteiger charge is 2.29. The summed E-state index contributed by atoms with van der Waals surface area (Å²) in [5.74, 6) is -3.89. The molecule has 0 aromatic heterocycles. The molecule has 1 aliphatic rings. The van der Waals surface area contributed by atoms with E-state index >= 15 is 0 Å². The minimum Gasteiger partial charge on any atom is -0.334 e. The maximum Gasteiger partial charge on any atom is 0.224 e. The van der Waals surface area contributed by atoms with Crippen LogP contribution in [-0.4, -0.2) is 55.2 Å². The van der Waals surface area contributed by atoms with Gasteiger partial charge in [0.25, 0.3) is 0 Å². The second kappa shape index (κ2) is 9.91. The van der Waals surface area contributed by atoms with Crippen LogP contribution in [0.25, 0.3) is 12.2 Å². The van der Waals surface area contributed by atoms with Gasteiger partial charge < -0.3 is 9.80 Å². The van der Waals surface area contributed by atoms with Gasteiger partial charge >= 0.3 is 0 Å². The molecule has 0 saturated carbocycles. The molecule has 0 atom stereocenters. The molecule has 0 aliphatic carbocycles. The first kappa shape index (κ1) is 23.4. The normalized spacial score (nSPS) is 17.0. The summed E-state index contributed by atoms with van der Waals surface area (Å²) in [6, 6.07) is 5.71. The predicted octanol–water partition coefficient (Wildman–Crippen LogP) is 4.07. The van der Waals surface area contributed by atoms with E-state index in [4.69, 9.17) is 0 Å². The van der Waals surface area contributed by atoms with Crippen molar-refractivity contribution in [2.75, 3.05) is 33.7 Å². The minimum atomic E-state index is -0.801. The molecule has 0 radical (unpaired) electrons. The van der Waals surface area contributed by atoms with E-state index in [2.05, 4.69) is 0 Å². The van der Waals surface area contributed by atoms with Crippen LogP contribution < -0.4 is 0 Å². The fourth-order valence-corrected chi connectivity index (χ4v) is 3.41.